The lowest BCUT2D eigenvalue weighted by molar-refractivity contribution is -0.145. The Hall–Kier alpha value is -2.12. The van der Waals surface area contributed by atoms with E-state index in [1.165, 1.54) is 102 Å². The SMILES string of the molecule is CCCC/C=C\C/C=C\CCCCCCCCC(=O)OCC(NC(=O)SCCN(C)C)C(=O)CCCCCCCCC/C=C\C/C=C\CCCCC. The molecule has 0 spiro atoms. The third-order valence-corrected chi connectivity index (χ3v) is 9.84. The first-order chi connectivity index (χ1) is 25.4. The molecule has 6 nitrogen and oxygen atoms in total. The summed E-state index contributed by atoms with van der Waals surface area (Å²) >= 11 is 1.17. The van der Waals surface area contributed by atoms with Gasteiger partial charge in [0.1, 0.15) is 12.6 Å². The molecule has 300 valence electrons. The molecule has 0 bridgehead atoms. The lowest BCUT2D eigenvalue weighted by Gasteiger charge is -2.18. The molecule has 52 heavy (non-hydrogen) atoms. The zero-order chi connectivity index (χ0) is 38.2. The van der Waals surface area contributed by atoms with E-state index in [4.69, 9.17) is 4.74 Å². The van der Waals surface area contributed by atoms with Gasteiger partial charge in [-0.25, -0.2) is 0 Å². The highest BCUT2D eigenvalue weighted by molar-refractivity contribution is 8.13. The van der Waals surface area contributed by atoms with E-state index in [0.29, 0.717) is 18.6 Å². The van der Waals surface area contributed by atoms with Crippen molar-refractivity contribution in [1.29, 1.82) is 0 Å². The normalized spacial score (nSPS) is 12.6. The van der Waals surface area contributed by atoms with Gasteiger partial charge in [-0.3, -0.25) is 14.4 Å². The minimum absolute atomic E-state index is 0.0461. The number of ketones is 1. The van der Waals surface area contributed by atoms with E-state index in [1.54, 1.807) is 0 Å². The van der Waals surface area contributed by atoms with Crippen LogP contribution in [0, 0.1) is 0 Å². The molecule has 1 N–H and O–H groups in total. The number of hydrogen-bond acceptors (Lipinski definition) is 6. The lowest BCUT2D eigenvalue weighted by atomic mass is 10.0. The molecule has 0 aliphatic heterocycles. The maximum atomic E-state index is 13.1. The van der Waals surface area contributed by atoms with Crippen LogP contribution in [0.4, 0.5) is 4.79 Å². The summed E-state index contributed by atoms with van der Waals surface area (Å²) < 4.78 is 5.51. The Morgan fingerprint density at radius 1 is 0.577 bits per heavy atom. The van der Waals surface area contributed by atoms with Crippen LogP contribution in [-0.4, -0.2) is 60.9 Å². The topological polar surface area (TPSA) is 75.7 Å². The minimum Gasteiger partial charge on any atom is -0.463 e. The Labute approximate surface area is 325 Å². The van der Waals surface area contributed by atoms with E-state index in [-0.39, 0.29) is 23.6 Å². The fourth-order valence-electron chi connectivity index (χ4n) is 5.67. The quantitative estimate of drug-likeness (QED) is 0.0388. The van der Waals surface area contributed by atoms with E-state index in [2.05, 4.69) is 67.8 Å². The molecule has 0 aromatic heterocycles. The highest BCUT2D eigenvalue weighted by atomic mass is 32.2. The molecule has 1 amide bonds. The second-order valence-corrected chi connectivity index (χ2v) is 15.5. The Kier molecular flexibility index (Phi) is 38.4. The number of ether oxygens (including phenoxy) is 1. The summed E-state index contributed by atoms with van der Waals surface area (Å²) in [4.78, 5) is 40.2. The molecule has 0 heterocycles. The summed E-state index contributed by atoms with van der Waals surface area (Å²) in [5.41, 5.74) is 0. The van der Waals surface area contributed by atoms with Gasteiger partial charge in [-0.1, -0.05) is 158 Å². The molecule has 0 rings (SSSR count). The van der Waals surface area contributed by atoms with E-state index >= 15 is 0 Å². The molecule has 0 saturated heterocycles. The molecule has 0 aromatic rings. The van der Waals surface area contributed by atoms with Crippen molar-refractivity contribution in [2.45, 2.75) is 187 Å². The standard InChI is InChI=1S/C45H80N2O4S/c1-5-7-9-11-13-15-17-19-21-22-24-25-27-29-31-33-35-37-43(48)42(46-45(50)52-40-39-47(3)4)41-51-44(49)38-36-34-32-30-28-26-23-20-18-16-14-12-10-8-6-2/h12-15,18-21,42H,5-11,16-17,22-41H2,1-4H3,(H,46,50)/b14-12-,15-13-,20-18-,21-19-. The molecule has 1 atom stereocenters. The average molecular weight is 745 g/mol. The number of hydrogen-bond donors (Lipinski definition) is 1. The van der Waals surface area contributed by atoms with Crippen molar-refractivity contribution in [3.63, 3.8) is 0 Å². The monoisotopic (exact) mass is 745 g/mol. The molecule has 0 aromatic carbocycles. The second-order valence-electron chi connectivity index (χ2n) is 14.5. The van der Waals surface area contributed by atoms with Gasteiger partial charge in [-0.2, -0.15) is 0 Å². The van der Waals surface area contributed by atoms with E-state index in [9.17, 15) is 14.4 Å². The molecule has 0 aliphatic rings. The smallest absolute Gasteiger partial charge is 0.305 e. The van der Waals surface area contributed by atoms with Crippen LogP contribution in [0.15, 0.2) is 48.6 Å². The van der Waals surface area contributed by atoms with Gasteiger partial charge in [0.05, 0.1) is 0 Å². The average Bonchev–Trinajstić information content (AvgIpc) is 3.12. The predicted molar refractivity (Wildman–Crippen MR) is 227 cm³/mol. The van der Waals surface area contributed by atoms with Crippen molar-refractivity contribution in [2.75, 3.05) is 33.0 Å². The molecular weight excluding hydrogens is 665 g/mol. The third-order valence-electron chi connectivity index (χ3n) is 9.07. The van der Waals surface area contributed by atoms with Gasteiger partial charge < -0.3 is 15.0 Å². The number of amides is 1. The molecule has 1 unspecified atom stereocenters. The number of carbonyl (C=O) groups excluding carboxylic acids is 3. The largest absolute Gasteiger partial charge is 0.463 e. The van der Waals surface area contributed by atoms with Crippen LogP contribution >= 0.6 is 11.8 Å². The zero-order valence-electron chi connectivity index (χ0n) is 34.2. The molecular formula is C45H80N2O4S. The Balaban J connectivity index is 4.21. The summed E-state index contributed by atoms with van der Waals surface area (Å²) in [6, 6.07) is -0.779. The first-order valence-corrected chi connectivity index (χ1v) is 22.3. The molecule has 0 fully saturated rings. The number of rotatable bonds is 37. The van der Waals surface area contributed by atoms with Crippen molar-refractivity contribution in [3.8, 4) is 0 Å². The number of Topliss-reactive ketones (excluding diaryl/α,β-unsaturated/α-hetero) is 1. The van der Waals surface area contributed by atoms with Crippen molar-refractivity contribution in [2.24, 2.45) is 0 Å². The number of carbonyl (C=O) groups is 3. The second kappa shape index (κ2) is 40.1. The van der Waals surface area contributed by atoms with Crippen molar-refractivity contribution in [3.05, 3.63) is 48.6 Å². The highest BCUT2D eigenvalue weighted by Crippen LogP contribution is 2.13. The molecule has 7 heteroatoms. The zero-order valence-corrected chi connectivity index (χ0v) is 35.0. The van der Waals surface area contributed by atoms with Crippen molar-refractivity contribution >= 4 is 28.8 Å². The van der Waals surface area contributed by atoms with Gasteiger partial charge in [0.15, 0.2) is 5.78 Å². The summed E-state index contributed by atoms with van der Waals surface area (Å²) in [6.07, 6.45) is 46.6. The van der Waals surface area contributed by atoms with E-state index < -0.39 is 6.04 Å². The summed E-state index contributed by atoms with van der Waals surface area (Å²) in [6.45, 7) is 5.16. The lowest BCUT2D eigenvalue weighted by Crippen LogP contribution is -2.43. The van der Waals surface area contributed by atoms with Gasteiger partial charge in [0.2, 0.25) is 0 Å². The first-order valence-electron chi connectivity index (χ1n) is 21.3. The van der Waals surface area contributed by atoms with E-state index in [1.807, 2.05) is 19.0 Å². The van der Waals surface area contributed by atoms with Gasteiger partial charge in [0.25, 0.3) is 5.24 Å². The summed E-state index contributed by atoms with van der Waals surface area (Å²) in [7, 11) is 3.93. The maximum absolute atomic E-state index is 13.1. The molecule has 0 saturated carbocycles. The fraction of sp³-hybridized carbons (Fsp3) is 0.756. The molecule has 0 radical (unpaired) electrons. The number of allylic oxidation sites excluding steroid dienone is 8. The van der Waals surface area contributed by atoms with Crippen LogP contribution in [0.2, 0.25) is 0 Å². The number of nitrogens with zero attached hydrogens (tertiary/aromatic N) is 1. The predicted octanol–water partition coefficient (Wildman–Crippen LogP) is 12.9. The Bertz CT molecular complexity index is 959. The van der Waals surface area contributed by atoms with Crippen LogP contribution in [-0.2, 0) is 14.3 Å². The number of thioether (sulfide) groups is 1. The van der Waals surface area contributed by atoms with Crippen LogP contribution in [0.1, 0.15) is 181 Å². The van der Waals surface area contributed by atoms with Crippen LogP contribution in [0.25, 0.3) is 0 Å². The third kappa shape index (κ3) is 37.6. The van der Waals surface area contributed by atoms with E-state index in [0.717, 1.165) is 70.8 Å². The first kappa shape index (κ1) is 49.9. The van der Waals surface area contributed by atoms with Crippen LogP contribution in [0.5, 0.6) is 0 Å². The number of esters is 1. The van der Waals surface area contributed by atoms with Gasteiger partial charge >= 0.3 is 5.97 Å². The van der Waals surface area contributed by atoms with Gasteiger partial charge in [-0.15, -0.1) is 0 Å². The minimum atomic E-state index is -0.779. The number of unbranched alkanes of at least 4 members (excludes halogenated alkanes) is 18. The van der Waals surface area contributed by atoms with Gasteiger partial charge in [0, 0.05) is 25.1 Å². The number of nitrogens with one attached hydrogen (secondary N) is 1. The maximum Gasteiger partial charge on any atom is 0.305 e. The fourth-order valence-corrected chi connectivity index (χ4v) is 6.54. The highest BCUT2D eigenvalue weighted by Gasteiger charge is 2.22. The van der Waals surface area contributed by atoms with Crippen LogP contribution in [0.3, 0.4) is 0 Å². The van der Waals surface area contributed by atoms with Crippen molar-refractivity contribution in [1.82, 2.24) is 10.2 Å². The summed E-state index contributed by atoms with van der Waals surface area (Å²) in [5, 5.41) is 2.60. The summed E-state index contributed by atoms with van der Waals surface area (Å²) in [5.74, 6) is 0.307. The Morgan fingerprint density at radius 2 is 1.02 bits per heavy atom. The van der Waals surface area contributed by atoms with Crippen molar-refractivity contribution < 1.29 is 19.1 Å². The van der Waals surface area contributed by atoms with Gasteiger partial charge in [-0.05, 0) is 84.7 Å². The molecule has 0 aliphatic carbocycles. The van der Waals surface area contributed by atoms with Crippen LogP contribution < -0.4 is 5.32 Å². The Morgan fingerprint density at radius 3 is 1.52 bits per heavy atom.